The average molecular weight is 229 g/mol. The molecule has 0 amide bonds. The Morgan fingerprint density at radius 1 is 1.27 bits per heavy atom. The third kappa shape index (κ3) is 6.47. The van der Waals surface area contributed by atoms with Crippen molar-refractivity contribution in [3.8, 4) is 0 Å². The van der Waals surface area contributed by atoms with Crippen molar-refractivity contribution in [3.63, 3.8) is 0 Å². The van der Waals surface area contributed by atoms with Crippen LogP contribution in [0.15, 0.2) is 0 Å². The fourth-order valence-electron chi connectivity index (χ4n) is 2.19. The zero-order chi connectivity index (χ0) is 11.1. The second-order valence-corrected chi connectivity index (χ2v) is 6.46. The Morgan fingerprint density at radius 3 is 2.67 bits per heavy atom. The lowest BCUT2D eigenvalue weighted by Gasteiger charge is -2.26. The monoisotopic (exact) mass is 229 g/mol. The highest BCUT2D eigenvalue weighted by atomic mass is 32.2. The van der Waals surface area contributed by atoms with Gasteiger partial charge in [-0.2, -0.15) is 11.8 Å². The van der Waals surface area contributed by atoms with Crippen LogP contribution in [0, 0.1) is 5.92 Å². The van der Waals surface area contributed by atoms with Crippen LogP contribution in [0.4, 0.5) is 0 Å². The first-order chi connectivity index (χ1) is 7.18. The lowest BCUT2D eigenvalue weighted by molar-refractivity contribution is 0.404. The standard InChI is InChI=1S/C13H27NS/c1-11(2)6-4-7-12(3)14-13-8-5-9-15-10-13/h11-14H,4-10H2,1-3H3/t12-,13-/m1/s1. The van der Waals surface area contributed by atoms with E-state index in [2.05, 4.69) is 37.8 Å². The van der Waals surface area contributed by atoms with E-state index in [0.29, 0.717) is 6.04 Å². The lowest BCUT2D eigenvalue weighted by atomic mass is 10.0. The summed E-state index contributed by atoms with van der Waals surface area (Å²) < 4.78 is 0. The van der Waals surface area contributed by atoms with Crippen molar-refractivity contribution >= 4 is 11.8 Å². The smallest absolute Gasteiger partial charge is 0.0160 e. The van der Waals surface area contributed by atoms with E-state index in [1.165, 1.54) is 43.6 Å². The molecule has 2 heteroatoms. The first-order valence-corrected chi connectivity index (χ1v) is 7.67. The molecule has 1 rings (SSSR count). The van der Waals surface area contributed by atoms with Crippen molar-refractivity contribution in [1.29, 1.82) is 0 Å². The Labute approximate surface area is 99.8 Å². The summed E-state index contributed by atoms with van der Waals surface area (Å²) in [4.78, 5) is 0. The number of nitrogens with one attached hydrogen (secondary N) is 1. The molecule has 1 N–H and O–H groups in total. The summed E-state index contributed by atoms with van der Waals surface area (Å²) in [7, 11) is 0. The zero-order valence-corrected chi connectivity index (χ0v) is 11.4. The molecule has 1 nitrogen and oxygen atoms in total. The molecule has 2 atom stereocenters. The minimum atomic E-state index is 0.715. The molecule has 0 aromatic carbocycles. The molecule has 1 aliphatic rings. The van der Waals surface area contributed by atoms with E-state index in [0.717, 1.165) is 12.0 Å². The van der Waals surface area contributed by atoms with Gasteiger partial charge in [-0.1, -0.05) is 26.7 Å². The van der Waals surface area contributed by atoms with Crippen molar-refractivity contribution in [2.45, 2.75) is 65.0 Å². The van der Waals surface area contributed by atoms with Gasteiger partial charge >= 0.3 is 0 Å². The number of hydrogen-bond acceptors (Lipinski definition) is 2. The van der Waals surface area contributed by atoms with Gasteiger partial charge < -0.3 is 5.32 Å². The molecule has 1 heterocycles. The Kier molecular flexibility index (Phi) is 6.74. The van der Waals surface area contributed by atoms with E-state index < -0.39 is 0 Å². The van der Waals surface area contributed by atoms with Crippen LogP contribution in [0.1, 0.15) is 52.9 Å². The van der Waals surface area contributed by atoms with E-state index in [9.17, 15) is 0 Å². The van der Waals surface area contributed by atoms with Gasteiger partial charge in [0.2, 0.25) is 0 Å². The van der Waals surface area contributed by atoms with Crippen molar-refractivity contribution in [3.05, 3.63) is 0 Å². The highest BCUT2D eigenvalue weighted by Crippen LogP contribution is 2.18. The van der Waals surface area contributed by atoms with Gasteiger partial charge in [0.15, 0.2) is 0 Å². The van der Waals surface area contributed by atoms with Crippen molar-refractivity contribution in [2.24, 2.45) is 5.92 Å². The highest BCUT2D eigenvalue weighted by Gasteiger charge is 2.15. The van der Waals surface area contributed by atoms with Crippen LogP contribution in [-0.4, -0.2) is 23.6 Å². The molecule has 0 aromatic heterocycles. The van der Waals surface area contributed by atoms with Crippen LogP contribution in [0.3, 0.4) is 0 Å². The summed E-state index contributed by atoms with van der Waals surface area (Å²) in [6, 6.07) is 1.50. The molecular formula is C13H27NS. The summed E-state index contributed by atoms with van der Waals surface area (Å²) in [5, 5.41) is 3.77. The van der Waals surface area contributed by atoms with Crippen LogP contribution >= 0.6 is 11.8 Å². The molecule has 1 aliphatic heterocycles. The molecule has 1 fully saturated rings. The molecule has 0 spiro atoms. The Morgan fingerprint density at radius 2 is 2.07 bits per heavy atom. The van der Waals surface area contributed by atoms with Crippen molar-refractivity contribution < 1.29 is 0 Å². The Balaban J connectivity index is 2.03. The molecule has 0 aliphatic carbocycles. The van der Waals surface area contributed by atoms with Crippen molar-refractivity contribution in [2.75, 3.05) is 11.5 Å². The molecule has 90 valence electrons. The SMILES string of the molecule is CC(C)CCC[C@@H](C)N[C@@H]1CCCSC1. The predicted molar refractivity (Wildman–Crippen MR) is 71.6 cm³/mol. The van der Waals surface area contributed by atoms with Gasteiger partial charge in [-0.25, -0.2) is 0 Å². The molecule has 0 saturated carbocycles. The van der Waals surface area contributed by atoms with Gasteiger partial charge in [-0.05, 0) is 37.9 Å². The zero-order valence-electron chi connectivity index (χ0n) is 10.6. The van der Waals surface area contributed by atoms with E-state index in [1.807, 2.05) is 0 Å². The van der Waals surface area contributed by atoms with Gasteiger partial charge in [0.25, 0.3) is 0 Å². The van der Waals surface area contributed by atoms with Gasteiger partial charge in [-0.15, -0.1) is 0 Å². The van der Waals surface area contributed by atoms with E-state index in [-0.39, 0.29) is 0 Å². The average Bonchev–Trinajstić information content (AvgIpc) is 2.18. The fourth-order valence-corrected chi connectivity index (χ4v) is 3.28. The summed E-state index contributed by atoms with van der Waals surface area (Å²) in [6.45, 7) is 6.98. The summed E-state index contributed by atoms with van der Waals surface area (Å²) in [6.07, 6.45) is 6.90. The molecule has 0 aromatic rings. The predicted octanol–water partition coefficient (Wildman–Crippen LogP) is 3.69. The maximum Gasteiger partial charge on any atom is 0.0160 e. The summed E-state index contributed by atoms with van der Waals surface area (Å²) in [5.74, 6) is 3.57. The topological polar surface area (TPSA) is 12.0 Å². The Hall–Kier alpha value is 0.310. The second-order valence-electron chi connectivity index (χ2n) is 5.31. The van der Waals surface area contributed by atoms with Crippen LogP contribution in [-0.2, 0) is 0 Å². The second kappa shape index (κ2) is 7.56. The maximum absolute atomic E-state index is 3.77. The van der Waals surface area contributed by atoms with Crippen LogP contribution < -0.4 is 5.32 Å². The van der Waals surface area contributed by atoms with Crippen LogP contribution in [0.5, 0.6) is 0 Å². The summed E-state index contributed by atoms with van der Waals surface area (Å²) in [5.41, 5.74) is 0. The minimum absolute atomic E-state index is 0.715. The molecule has 1 saturated heterocycles. The van der Waals surface area contributed by atoms with E-state index in [4.69, 9.17) is 0 Å². The third-order valence-corrected chi connectivity index (χ3v) is 4.31. The highest BCUT2D eigenvalue weighted by molar-refractivity contribution is 7.99. The molecule has 0 bridgehead atoms. The van der Waals surface area contributed by atoms with Gasteiger partial charge in [0.05, 0.1) is 0 Å². The van der Waals surface area contributed by atoms with Crippen molar-refractivity contribution in [1.82, 2.24) is 5.32 Å². The largest absolute Gasteiger partial charge is 0.311 e. The molecule has 0 unspecified atom stereocenters. The normalized spacial score (nSPS) is 24.4. The van der Waals surface area contributed by atoms with Gasteiger partial charge in [0.1, 0.15) is 0 Å². The molecular weight excluding hydrogens is 202 g/mol. The first kappa shape index (κ1) is 13.4. The lowest BCUT2D eigenvalue weighted by Crippen LogP contribution is -2.39. The summed E-state index contributed by atoms with van der Waals surface area (Å²) >= 11 is 2.11. The van der Waals surface area contributed by atoms with Gasteiger partial charge in [-0.3, -0.25) is 0 Å². The van der Waals surface area contributed by atoms with Crippen LogP contribution in [0.2, 0.25) is 0 Å². The minimum Gasteiger partial charge on any atom is -0.311 e. The van der Waals surface area contributed by atoms with Crippen LogP contribution in [0.25, 0.3) is 0 Å². The third-order valence-electron chi connectivity index (χ3n) is 3.10. The fraction of sp³-hybridized carbons (Fsp3) is 1.00. The Bertz CT molecular complexity index is 153. The maximum atomic E-state index is 3.77. The van der Waals surface area contributed by atoms with E-state index >= 15 is 0 Å². The van der Waals surface area contributed by atoms with Gasteiger partial charge in [0, 0.05) is 17.8 Å². The quantitative estimate of drug-likeness (QED) is 0.745. The number of hydrogen-bond donors (Lipinski definition) is 1. The van der Waals surface area contributed by atoms with E-state index in [1.54, 1.807) is 0 Å². The first-order valence-electron chi connectivity index (χ1n) is 6.52. The number of thioether (sulfide) groups is 1. The number of rotatable bonds is 6. The molecule has 0 radical (unpaired) electrons. The molecule has 15 heavy (non-hydrogen) atoms.